The minimum atomic E-state index is -0.0367. The first kappa shape index (κ1) is 17.5. The van der Waals surface area contributed by atoms with Crippen LogP contribution < -0.4 is 5.32 Å². The third kappa shape index (κ3) is 4.60. The lowest BCUT2D eigenvalue weighted by Crippen LogP contribution is -2.41. The fraction of sp³-hybridized carbons (Fsp3) is 0.474. The number of fused-ring (bicyclic) bond motifs is 1. The van der Waals surface area contributed by atoms with Crippen LogP contribution in [0.5, 0.6) is 0 Å². The fourth-order valence-electron chi connectivity index (χ4n) is 3.26. The van der Waals surface area contributed by atoms with Crippen LogP contribution in [-0.2, 0) is 20.7 Å². The van der Waals surface area contributed by atoms with Crippen LogP contribution in [0.2, 0.25) is 0 Å². The van der Waals surface area contributed by atoms with Gasteiger partial charge in [-0.25, -0.2) is 0 Å². The summed E-state index contributed by atoms with van der Waals surface area (Å²) in [6.07, 6.45) is 4.39. The topological polar surface area (TPSA) is 74.4 Å². The number of rotatable bonds is 7. The van der Waals surface area contributed by atoms with Crippen LogP contribution in [0, 0.1) is 0 Å². The predicted octanol–water partition coefficient (Wildman–Crippen LogP) is 1.85. The van der Waals surface area contributed by atoms with Gasteiger partial charge in [-0.05, 0) is 24.5 Å². The first-order valence-electron chi connectivity index (χ1n) is 8.82. The lowest BCUT2D eigenvalue weighted by atomic mass is 10.1. The summed E-state index contributed by atoms with van der Waals surface area (Å²) in [5.41, 5.74) is 2.01. The van der Waals surface area contributed by atoms with Crippen molar-refractivity contribution in [2.45, 2.75) is 32.3 Å². The van der Waals surface area contributed by atoms with Gasteiger partial charge in [0.05, 0.1) is 12.5 Å². The SMILES string of the molecule is CC(=O)N(CCNC(=O)Cc1c[nH]c2ccccc12)CC1CCCO1. The van der Waals surface area contributed by atoms with E-state index in [0.29, 0.717) is 26.1 Å². The normalized spacial score (nSPS) is 16.9. The number of hydrogen-bond donors (Lipinski definition) is 2. The Hall–Kier alpha value is -2.34. The maximum absolute atomic E-state index is 12.2. The van der Waals surface area contributed by atoms with E-state index < -0.39 is 0 Å². The number of H-pyrrole nitrogens is 1. The zero-order chi connectivity index (χ0) is 17.6. The Labute approximate surface area is 147 Å². The summed E-state index contributed by atoms with van der Waals surface area (Å²) in [6, 6.07) is 7.93. The van der Waals surface area contributed by atoms with E-state index in [0.717, 1.165) is 35.9 Å². The second kappa shape index (κ2) is 8.16. The van der Waals surface area contributed by atoms with Crippen LogP contribution >= 0.6 is 0 Å². The van der Waals surface area contributed by atoms with Gasteiger partial charge in [-0.1, -0.05) is 18.2 Å². The quantitative estimate of drug-likeness (QED) is 0.806. The summed E-state index contributed by atoms with van der Waals surface area (Å²) in [6.45, 7) is 3.90. The fourth-order valence-corrected chi connectivity index (χ4v) is 3.26. The molecule has 1 atom stereocenters. The molecule has 0 aliphatic carbocycles. The highest BCUT2D eigenvalue weighted by molar-refractivity contribution is 5.88. The van der Waals surface area contributed by atoms with Gasteiger partial charge in [0.1, 0.15) is 0 Å². The molecule has 0 radical (unpaired) electrons. The van der Waals surface area contributed by atoms with Crippen LogP contribution in [0.4, 0.5) is 0 Å². The summed E-state index contributed by atoms with van der Waals surface area (Å²) < 4.78 is 5.59. The maximum atomic E-state index is 12.2. The van der Waals surface area contributed by atoms with Crippen molar-refractivity contribution < 1.29 is 14.3 Å². The molecule has 1 unspecified atom stereocenters. The molecule has 1 saturated heterocycles. The van der Waals surface area contributed by atoms with E-state index in [2.05, 4.69) is 10.3 Å². The number of benzene rings is 1. The molecule has 1 aromatic carbocycles. The Kier molecular flexibility index (Phi) is 5.71. The molecule has 3 rings (SSSR count). The monoisotopic (exact) mass is 343 g/mol. The Balaban J connectivity index is 1.47. The van der Waals surface area contributed by atoms with E-state index in [9.17, 15) is 9.59 Å². The second-order valence-corrected chi connectivity index (χ2v) is 6.49. The Bertz CT molecular complexity index is 734. The number of ether oxygens (including phenoxy) is 1. The molecule has 0 spiro atoms. The lowest BCUT2D eigenvalue weighted by molar-refractivity contribution is -0.131. The summed E-state index contributed by atoms with van der Waals surface area (Å²) in [5.74, 6) is -0.0215. The molecule has 2 heterocycles. The smallest absolute Gasteiger partial charge is 0.224 e. The van der Waals surface area contributed by atoms with Crippen molar-refractivity contribution in [1.29, 1.82) is 0 Å². The predicted molar refractivity (Wildman–Crippen MR) is 96.2 cm³/mol. The average Bonchev–Trinajstić information content (AvgIpc) is 3.24. The molecule has 134 valence electrons. The lowest BCUT2D eigenvalue weighted by Gasteiger charge is -2.24. The highest BCUT2D eigenvalue weighted by Crippen LogP contribution is 2.18. The Morgan fingerprint density at radius 2 is 2.20 bits per heavy atom. The molecule has 1 aliphatic heterocycles. The van der Waals surface area contributed by atoms with E-state index in [4.69, 9.17) is 4.74 Å². The Morgan fingerprint density at radius 3 is 2.96 bits per heavy atom. The van der Waals surface area contributed by atoms with Gasteiger partial charge in [0, 0.05) is 50.3 Å². The number of nitrogens with zero attached hydrogens (tertiary/aromatic N) is 1. The zero-order valence-electron chi connectivity index (χ0n) is 14.6. The van der Waals surface area contributed by atoms with Crippen molar-refractivity contribution in [2.75, 3.05) is 26.2 Å². The molecule has 2 aromatic rings. The number of hydrogen-bond acceptors (Lipinski definition) is 3. The van der Waals surface area contributed by atoms with Gasteiger partial charge in [0.25, 0.3) is 0 Å². The van der Waals surface area contributed by atoms with E-state index in [1.807, 2.05) is 30.5 Å². The number of nitrogens with one attached hydrogen (secondary N) is 2. The maximum Gasteiger partial charge on any atom is 0.224 e. The minimum Gasteiger partial charge on any atom is -0.376 e. The average molecular weight is 343 g/mol. The molecule has 6 heteroatoms. The first-order valence-corrected chi connectivity index (χ1v) is 8.82. The van der Waals surface area contributed by atoms with Gasteiger partial charge in [0.15, 0.2) is 0 Å². The number of aromatic amines is 1. The highest BCUT2D eigenvalue weighted by atomic mass is 16.5. The number of carbonyl (C=O) groups is 2. The summed E-state index contributed by atoms with van der Waals surface area (Å²) in [5, 5.41) is 3.98. The molecule has 1 aliphatic rings. The molecule has 2 N–H and O–H groups in total. The molecule has 0 bridgehead atoms. The molecular formula is C19H25N3O3. The van der Waals surface area contributed by atoms with Gasteiger partial charge in [-0.2, -0.15) is 0 Å². The van der Waals surface area contributed by atoms with Crippen LogP contribution in [0.1, 0.15) is 25.3 Å². The van der Waals surface area contributed by atoms with Crippen molar-refractivity contribution >= 4 is 22.7 Å². The number of carbonyl (C=O) groups excluding carboxylic acids is 2. The highest BCUT2D eigenvalue weighted by Gasteiger charge is 2.20. The van der Waals surface area contributed by atoms with Crippen LogP contribution in [-0.4, -0.2) is 54.0 Å². The standard InChI is InChI=1S/C19H25N3O3/c1-14(23)22(13-16-5-4-10-25-16)9-8-20-19(24)11-15-12-21-18-7-3-2-6-17(15)18/h2-3,6-7,12,16,21H,4-5,8-11,13H2,1H3,(H,20,24). The van der Waals surface area contributed by atoms with E-state index >= 15 is 0 Å². The molecule has 25 heavy (non-hydrogen) atoms. The summed E-state index contributed by atoms with van der Waals surface area (Å²) in [7, 11) is 0. The van der Waals surface area contributed by atoms with Gasteiger partial charge < -0.3 is 19.9 Å². The van der Waals surface area contributed by atoms with E-state index in [-0.39, 0.29) is 17.9 Å². The minimum absolute atomic E-state index is 0.0152. The third-order valence-electron chi connectivity index (χ3n) is 4.62. The second-order valence-electron chi connectivity index (χ2n) is 6.49. The molecular weight excluding hydrogens is 318 g/mol. The third-order valence-corrected chi connectivity index (χ3v) is 4.62. The number of aromatic nitrogens is 1. The van der Waals surface area contributed by atoms with Crippen molar-refractivity contribution in [1.82, 2.24) is 15.2 Å². The first-order chi connectivity index (χ1) is 12.1. The van der Waals surface area contributed by atoms with Crippen molar-refractivity contribution in [2.24, 2.45) is 0 Å². The van der Waals surface area contributed by atoms with E-state index in [1.54, 1.807) is 11.8 Å². The Morgan fingerprint density at radius 1 is 1.36 bits per heavy atom. The van der Waals surface area contributed by atoms with Crippen LogP contribution in [0.15, 0.2) is 30.5 Å². The van der Waals surface area contributed by atoms with Crippen LogP contribution in [0.3, 0.4) is 0 Å². The van der Waals surface area contributed by atoms with Gasteiger partial charge in [-0.15, -0.1) is 0 Å². The van der Waals surface area contributed by atoms with E-state index in [1.165, 1.54) is 0 Å². The number of para-hydroxylation sites is 1. The van der Waals surface area contributed by atoms with Gasteiger partial charge in [0.2, 0.25) is 11.8 Å². The summed E-state index contributed by atoms with van der Waals surface area (Å²) in [4.78, 5) is 28.9. The molecule has 2 amide bonds. The molecule has 6 nitrogen and oxygen atoms in total. The van der Waals surface area contributed by atoms with Crippen molar-refractivity contribution in [3.8, 4) is 0 Å². The molecule has 1 aromatic heterocycles. The summed E-state index contributed by atoms with van der Waals surface area (Å²) >= 11 is 0. The number of amides is 2. The van der Waals surface area contributed by atoms with Gasteiger partial charge >= 0.3 is 0 Å². The largest absolute Gasteiger partial charge is 0.376 e. The van der Waals surface area contributed by atoms with Crippen LogP contribution in [0.25, 0.3) is 10.9 Å². The molecule has 0 saturated carbocycles. The molecule has 1 fully saturated rings. The van der Waals surface area contributed by atoms with Gasteiger partial charge in [-0.3, -0.25) is 9.59 Å². The van der Waals surface area contributed by atoms with Crippen molar-refractivity contribution in [3.05, 3.63) is 36.0 Å². The zero-order valence-corrected chi connectivity index (χ0v) is 14.6. The van der Waals surface area contributed by atoms with Crippen molar-refractivity contribution in [3.63, 3.8) is 0 Å².